The van der Waals surface area contributed by atoms with E-state index < -0.39 is 16.4 Å². The Hall–Kier alpha value is -2.47. The summed E-state index contributed by atoms with van der Waals surface area (Å²) in [6, 6.07) is 10.5. The Balaban J connectivity index is 2.41. The minimum atomic E-state index is -0.675. The van der Waals surface area contributed by atoms with Crippen LogP contribution in [0.5, 0.6) is 11.5 Å². The topological polar surface area (TPSA) is 64.4 Å². The highest BCUT2D eigenvalue weighted by atomic mass is 19.1. The lowest BCUT2D eigenvalue weighted by atomic mass is 10.1. The maximum atomic E-state index is 13.1. The first-order chi connectivity index (χ1) is 10.0. The lowest BCUT2D eigenvalue weighted by molar-refractivity contribution is -0.385. The van der Waals surface area contributed by atoms with E-state index in [1.54, 1.807) is 12.1 Å². The maximum absolute atomic E-state index is 13.1. The predicted molar refractivity (Wildman–Crippen MR) is 77.0 cm³/mol. The van der Waals surface area contributed by atoms with Gasteiger partial charge < -0.3 is 10.1 Å². The number of nitro benzene ring substituents is 1. The summed E-state index contributed by atoms with van der Waals surface area (Å²) in [5.74, 6) is -0.169. The molecule has 0 heterocycles. The molecule has 6 heteroatoms. The summed E-state index contributed by atoms with van der Waals surface area (Å²) in [6.45, 7) is 1.95. The molecule has 1 N–H and O–H groups in total. The lowest BCUT2D eigenvalue weighted by Crippen LogP contribution is -2.13. The summed E-state index contributed by atoms with van der Waals surface area (Å²) in [7, 11) is 1.81. The van der Waals surface area contributed by atoms with Gasteiger partial charge in [-0.2, -0.15) is 0 Å². The number of benzene rings is 2. The fourth-order valence-electron chi connectivity index (χ4n) is 1.92. The first-order valence-electron chi connectivity index (χ1n) is 6.41. The average Bonchev–Trinajstić information content (AvgIpc) is 2.48. The molecule has 1 atom stereocenters. The molecule has 0 aliphatic carbocycles. The third kappa shape index (κ3) is 3.35. The van der Waals surface area contributed by atoms with Crippen LogP contribution < -0.4 is 10.1 Å². The van der Waals surface area contributed by atoms with E-state index in [0.29, 0.717) is 5.75 Å². The molecule has 0 aliphatic rings. The summed E-state index contributed by atoms with van der Waals surface area (Å²) in [6.07, 6.45) is 0. The number of halogens is 1. The Kier molecular flexibility index (Phi) is 4.49. The van der Waals surface area contributed by atoms with E-state index in [-0.39, 0.29) is 11.8 Å². The van der Waals surface area contributed by atoms with Crippen LogP contribution in [0, 0.1) is 15.9 Å². The van der Waals surface area contributed by atoms with Gasteiger partial charge in [-0.05, 0) is 32.2 Å². The van der Waals surface area contributed by atoms with Crippen LogP contribution in [0.1, 0.15) is 18.5 Å². The van der Waals surface area contributed by atoms with Crippen LogP contribution in [0.3, 0.4) is 0 Å². The molecule has 0 saturated carbocycles. The molecule has 2 aromatic rings. The molecular formula is C15H15FN2O3. The number of hydrogen-bond acceptors (Lipinski definition) is 4. The Morgan fingerprint density at radius 3 is 2.62 bits per heavy atom. The minimum absolute atomic E-state index is 0.0113. The summed E-state index contributed by atoms with van der Waals surface area (Å²) >= 11 is 0. The van der Waals surface area contributed by atoms with Crippen molar-refractivity contribution in [3.8, 4) is 11.5 Å². The van der Waals surface area contributed by atoms with Gasteiger partial charge in [0.15, 0.2) is 0 Å². The zero-order chi connectivity index (χ0) is 15.4. The highest BCUT2D eigenvalue weighted by Gasteiger charge is 2.19. The molecule has 0 aliphatic heterocycles. The van der Waals surface area contributed by atoms with Crippen molar-refractivity contribution >= 4 is 5.69 Å². The summed E-state index contributed by atoms with van der Waals surface area (Å²) in [4.78, 5) is 10.3. The van der Waals surface area contributed by atoms with Gasteiger partial charge in [-0.3, -0.25) is 10.1 Å². The zero-order valence-corrected chi connectivity index (χ0v) is 11.7. The Morgan fingerprint density at radius 2 is 1.95 bits per heavy atom. The highest BCUT2D eigenvalue weighted by molar-refractivity contribution is 5.50. The molecule has 1 unspecified atom stereocenters. The molecule has 21 heavy (non-hydrogen) atoms. The van der Waals surface area contributed by atoms with Crippen molar-refractivity contribution < 1.29 is 14.1 Å². The van der Waals surface area contributed by atoms with E-state index in [4.69, 9.17) is 4.74 Å². The van der Waals surface area contributed by atoms with Crippen LogP contribution in [0.25, 0.3) is 0 Å². The summed E-state index contributed by atoms with van der Waals surface area (Å²) in [5, 5.41) is 14.1. The minimum Gasteiger partial charge on any atom is -0.450 e. The van der Waals surface area contributed by atoms with Gasteiger partial charge >= 0.3 is 5.69 Å². The van der Waals surface area contributed by atoms with Gasteiger partial charge in [0, 0.05) is 11.6 Å². The third-order valence-electron chi connectivity index (χ3n) is 3.16. The van der Waals surface area contributed by atoms with Crippen LogP contribution in [-0.4, -0.2) is 12.0 Å². The normalized spacial score (nSPS) is 12.0. The number of hydrogen-bond donors (Lipinski definition) is 1. The molecule has 0 saturated heterocycles. The monoisotopic (exact) mass is 290 g/mol. The molecule has 0 radical (unpaired) electrons. The fourth-order valence-corrected chi connectivity index (χ4v) is 1.92. The molecule has 2 rings (SSSR count). The van der Waals surface area contributed by atoms with Crippen LogP contribution in [0.15, 0.2) is 42.5 Å². The second-order valence-corrected chi connectivity index (χ2v) is 4.52. The van der Waals surface area contributed by atoms with E-state index >= 15 is 0 Å². The second kappa shape index (κ2) is 6.32. The molecule has 5 nitrogen and oxygen atoms in total. The van der Waals surface area contributed by atoms with Gasteiger partial charge in [-0.1, -0.05) is 18.2 Å². The maximum Gasteiger partial charge on any atom is 0.314 e. The van der Waals surface area contributed by atoms with Gasteiger partial charge in [0.2, 0.25) is 5.75 Å². The van der Waals surface area contributed by atoms with Crippen molar-refractivity contribution in [3.63, 3.8) is 0 Å². The SMILES string of the molecule is CNC(C)c1ccccc1Oc1ccc(F)cc1[N+](=O)[O-]. The zero-order valence-electron chi connectivity index (χ0n) is 11.7. The van der Waals surface area contributed by atoms with Crippen LogP contribution in [0.2, 0.25) is 0 Å². The van der Waals surface area contributed by atoms with E-state index in [9.17, 15) is 14.5 Å². The second-order valence-electron chi connectivity index (χ2n) is 4.52. The molecule has 0 spiro atoms. The van der Waals surface area contributed by atoms with Crippen molar-refractivity contribution in [1.29, 1.82) is 0 Å². The largest absolute Gasteiger partial charge is 0.450 e. The van der Waals surface area contributed by atoms with E-state index in [0.717, 1.165) is 17.7 Å². The number of nitrogens with one attached hydrogen (secondary N) is 1. The molecule has 0 bridgehead atoms. The highest BCUT2D eigenvalue weighted by Crippen LogP contribution is 2.35. The van der Waals surface area contributed by atoms with Gasteiger partial charge in [0.1, 0.15) is 11.6 Å². The first kappa shape index (κ1) is 14.9. The quantitative estimate of drug-likeness (QED) is 0.672. The van der Waals surface area contributed by atoms with Crippen molar-refractivity contribution in [1.82, 2.24) is 5.32 Å². The van der Waals surface area contributed by atoms with Crippen molar-refractivity contribution in [2.24, 2.45) is 0 Å². The number of nitrogens with zero attached hydrogens (tertiary/aromatic N) is 1. The first-order valence-corrected chi connectivity index (χ1v) is 6.41. The van der Waals surface area contributed by atoms with E-state index in [1.165, 1.54) is 6.07 Å². The number of nitro groups is 1. The molecule has 0 fully saturated rings. The van der Waals surface area contributed by atoms with Gasteiger partial charge in [-0.15, -0.1) is 0 Å². The van der Waals surface area contributed by atoms with Gasteiger partial charge in [0.25, 0.3) is 0 Å². The van der Waals surface area contributed by atoms with Crippen molar-refractivity contribution in [3.05, 3.63) is 64.0 Å². The van der Waals surface area contributed by atoms with Gasteiger partial charge in [-0.25, -0.2) is 4.39 Å². The Morgan fingerprint density at radius 1 is 1.24 bits per heavy atom. The van der Waals surface area contributed by atoms with Crippen molar-refractivity contribution in [2.45, 2.75) is 13.0 Å². The van der Waals surface area contributed by atoms with Crippen LogP contribution >= 0.6 is 0 Å². The number of rotatable bonds is 5. The Labute approximate surface area is 121 Å². The third-order valence-corrected chi connectivity index (χ3v) is 3.16. The molecule has 2 aromatic carbocycles. The molecule has 0 amide bonds. The summed E-state index contributed by atoms with van der Waals surface area (Å²) in [5.41, 5.74) is 0.459. The predicted octanol–water partition coefficient (Wildman–Crippen LogP) is 3.81. The fraction of sp³-hybridized carbons (Fsp3) is 0.200. The molecule has 110 valence electrons. The van der Waals surface area contributed by atoms with E-state index in [2.05, 4.69) is 5.32 Å². The lowest BCUT2D eigenvalue weighted by Gasteiger charge is -2.16. The number of ether oxygens (including phenoxy) is 1. The van der Waals surface area contributed by atoms with Crippen LogP contribution in [-0.2, 0) is 0 Å². The standard InChI is InChI=1S/C15H15FN2O3/c1-10(17-2)12-5-3-4-6-14(12)21-15-8-7-11(16)9-13(15)18(19)20/h3-10,17H,1-2H3. The smallest absolute Gasteiger partial charge is 0.314 e. The van der Waals surface area contributed by atoms with Gasteiger partial charge in [0.05, 0.1) is 11.0 Å². The van der Waals surface area contributed by atoms with E-state index in [1.807, 2.05) is 26.1 Å². The van der Waals surface area contributed by atoms with Crippen molar-refractivity contribution in [2.75, 3.05) is 7.05 Å². The average molecular weight is 290 g/mol. The molecule has 0 aromatic heterocycles. The Bertz CT molecular complexity index is 661. The molecular weight excluding hydrogens is 275 g/mol. The number of para-hydroxylation sites is 1. The summed E-state index contributed by atoms with van der Waals surface area (Å²) < 4.78 is 18.8. The van der Waals surface area contributed by atoms with Crippen LogP contribution in [0.4, 0.5) is 10.1 Å².